The normalized spacial score (nSPS) is 10.4. The molecule has 16 heavy (non-hydrogen) atoms. The monoisotopic (exact) mass is 269 g/mol. The number of halogens is 2. The average Bonchev–Trinajstić information content (AvgIpc) is 2.28. The zero-order chi connectivity index (χ0) is 11.4. The molecule has 0 N–H and O–H groups in total. The molecule has 0 saturated carbocycles. The van der Waals surface area contributed by atoms with Gasteiger partial charge in [-0.05, 0) is 23.8 Å². The maximum Gasteiger partial charge on any atom is 0.130 e. The van der Waals surface area contributed by atoms with Crippen molar-refractivity contribution in [2.45, 2.75) is 10.6 Å². The lowest BCUT2D eigenvalue weighted by Crippen LogP contribution is -1.82. The lowest BCUT2D eigenvalue weighted by atomic mass is 10.2. The van der Waals surface area contributed by atoms with Crippen molar-refractivity contribution in [3.05, 3.63) is 58.3 Å². The Balaban J connectivity index is 2.05. The van der Waals surface area contributed by atoms with Gasteiger partial charge in [-0.3, -0.25) is 0 Å². The number of hydrogen-bond donors (Lipinski definition) is 0. The third-order valence-corrected chi connectivity index (χ3v) is 3.67. The van der Waals surface area contributed by atoms with Crippen molar-refractivity contribution in [2.24, 2.45) is 0 Å². The Morgan fingerprint density at radius 2 is 1.94 bits per heavy atom. The van der Waals surface area contributed by atoms with Gasteiger partial charge in [-0.1, -0.05) is 41.4 Å². The Hall–Kier alpha value is -0.700. The third-order valence-electron chi connectivity index (χ3n) is 2.05. The van der Waals surface area contributed by atoms with Gasteiger partial charge in [0.2, 0.25) is 0 Å². The first-order valence-corrected chi connectivity index (χ1v) is 6.47. The van der Waals surface area contributed by atoms with E-state index in [1.807, 2.05) is 36.4 Å². The van der Waals surface area contributed by atoms with E-state index in [0.29, 0.717) is 5.15 Å². The largest absolute Gasteiger partial charge is 0.244 e. The van der Waals surface area contributed by atoms with Crippen LogP contribution in [0, 0.1) is 0 Å². The minimum Gasteiger partial charge on any atom is -0.244 e. The first kappa shape index (κ1) is 11.8. The van der Waals surface area contributed by atoms with E-state index in [1.54, 1.807) is 18.0 Å². The second-order valence-electron chi connectivity index (χ2n) is 3.19. The number of rotatable bonds is 3. The predicted octanol–water partition coefficient (Wildman–Crippen LogP) is 4.68. The molecule has 0 radical (unpaired) electrons. The topological polar surface area (TPSA) is 12.9 Å². The fourth-order valence-corrected chi connectivity index (χ4v) is 2.70. The van der Waals surface area contributed by atoms with Crippen LogP contribution in [0.2, 0.25) is 10.2 Å². The molecule has 4 heteroatoms. The van der Waals surface area contributed by atoms with Crippen LogP contribution >= 0.6 is 35.0 Å². The molecule has 0 atom stereocenters. The van der Waals surface area contributed by atoms with E-state index in [1.165, 1.54) is 0 Å². The molecular formula is C12H9Cl2NS. The molecule has 0 aliphatic rings. The van der Waals surface area contributed by atoms with Gasteiger partial charge in [0.05, 0.1) is 0 Å². The molecule has 2 rings (SSSR count). The molecule has 2 aromatic rings. The van der Waals surface area contributed by atoms with Crippen LogP contribution < -0.4 is 0 Å². The molecule has 1 aromatic heterocycles. The standard InChI is InChI=1S/C12H9Cl2NS/c13-11-4-2-1-3-9(11)8-16-10-5-6-15-12(14)7-10/h1-7H,8H2. The number of hydrogen-bond acceptors (Lipinski definition) is 2. The molecule has 0 spiro atoms. The number of benzene rings is 1. The van der Waals surface area contributed by atoms with Gasteiger partial charge in [0.1, 0.15) is 5.15 Å². The molecule has 0 unspecified atom stereocenters. The van der Waals surface area contributed by atoms with E-state index in [0.717, 1.165) is 21.2 Å². The van der Waals surface area contributed by atoms with Crippen LogP contribution in [0.25, 0.3) is 0 Å². The van der Waals surface area contributed by atoms with E-state index in [2.05, 4.69) is 4.98 Å². The summed E-state index contributed by atoms with van der Waals surface area (Å²) in [6.45, 7) is 0. The fourth-order valence-electron chi connectivity index (χ4n) is 1.25. The van der Waals surface area contributed by atoms with Crippen molar-refractivity contribution in [3.8, 4) is 0 Å². The number of aromatic nitrogens is 1. The van der Waals surface area contributed by atoms with Crippen LogP contribution in [0.5, 0.6) is 0 Å². The van der Waals surface area contributed by atoms with Crippen molar-refractivity contribution in [1.82, 2.24) is 4.98 Å². The molecule has 1 heterocycles. The van der Waals surface area contributed by atoms with Crippen LogP contribution in [0.15, 0.2) is 47.5 Å². The average molecular weight is 270 g/mol. The van der Waals surface area contributed by atoms with Crippen LogP contribution in [0.1, 0.15) is 5.56 Å². The third kappa shape index (κ3) is 3.14. The summed E-state index contributed by atoms with van der Waals surface area (Å²) in [5.74, 6) is 0.833. The van der Waals surface area contributed by atoms with Crippen molar-refractivity contribution >= 4 is 35.0 Å². The van der Waals surface area contributed by atoms with E-state index in [4.69, 9.17) is 23.2 Å². The summed E-state index contributed by atoms with van der Waals surface area (Å²) in [6.07, 6.45) is 1.71. The van der Waals surface area contributed by atoms with Crippen LogP contribution in [0.3, 0.4) is 0 Å². The minimum absolute atomic E-state index is 0.518. The fraction of sp³-hybridized carbons (Fsp3) is 0.0833. The second-order valence-corrected chi connectivity index (χ2v) is 5.04. The van der Waals surface area contributed by atoms with Gasteiger partial charge in [-0.25, -0.2) is 4.98 Å². The minimum atomic E-state index is 0.518. The van der Waals surface area contributed by atoms with Gasteiger partial charge in [0.25, 0.3) is 0 Å². The van der Waals surface area contributed by atoms with Crippen LogP contribution in [-0.4, -0.2) is 4.98 Å². The van der Waals surface area contributed by atoms with Gasteiger partial charge in [-0.15, -0.1) is 11.8 Å². The Morgan fingerprint density at radius 3 is 2.69 bits per heavy atom. The van der Waals surface area contributed by atoms with Crippen molar-refractivity contribution in [3.63, 3.8) is 0 Å². The van der Waals surface area contributed by atoms with Gasteiger partial charge >= 0.3 is 0 Å². The van der Waals surface area contributed by atoms with Gasteiger partial charge < -0.3 is 0 Å². The van der Waals surface area contributed by atoms with E-state index < -0.39 is 0 Å². The van der Waals surface area contributed by atoms with Gasteiger partial charge in [0, 0.05) is 21.9 Å². The van der Waals surface area contributed by atoms with E-state index >= 15 is 0 Å². The lowest BCUT2D eigenvalue weighted by molar-refractivity contribution is 1.26. The first-order chi connectivity index (χ1) is 7.75. The number of thioether (sulfide) groups is 1. The Bertz CT molecular complexity index is 488. The Labute approximate surface area is 109 Å². The van der Waals surface area contributed by atoms with Gasteiger partial charge in [-0.2, -0.15) is 0 Å². The number of pyridine rings is 1. The molecule has 1 aromatic carbocycles. The quantitative estimate of drug-likeness (QED) is 0.593. The summed E-state index contributed by atoms with van der Waals surface area (Å²) >= 11 is 13.6. The highest BCUT2D eigenvalue weighted by Crippen LogP contribution is 2.27. The highest BCUT2D eigenvalue weighted by molar-refractivity contribution is 7.98. The molecule has 0 aliphatic heterocycles. The molecule has 0 bridgehead atoms. The highest BCUT2D eigenvalue weighted by atomic mass is 35.5. The maximum absolute atomic E-state index is 6.07. The predicted molar refractivity (Wildman–Crippen MR) is 70.3 cm³/mol. The van der Waals surface area contributed by atoms with E-state index in [-0.39, 0.29) is 0 Å². The molecule has 82 valence electrons. The van der Waals surface area contributed by atoms with Crippen molar-refractivity contribution < 1.29 is 0 Å². The van der Waals surface area contributed by atoms with Gasteiger partial charge in [0.15, 0.2) is 0 Å². The van der Waals surface area contributed by atoms with Crippen LogP contribution in [0.4, 0.5) is 0 Å². The summed E-state index contributed by atoms with van der Waals surface area (Å²) in [4.78, 5) is 5.04. The number of nitrogens with zero attached hydrogens (tertiary/aromatic N) is 1. The molecule has 0 saturated heterocycles. The summed E-state index contributed by atoms with van der Waals surface area (Å²) in [7, 11) is 0. The summed E-state index contributed by atoms with van der Waals surface area (Å²) in [6, 6.07) is 11.6. The summed E-state index contributed by atoms with van der Waals surface area (Å²) in [5.41, 5.74) is 1.13. The lowest BCUT2D eigenvalue weighted by Gasteiger charge is -2.03. The van der Waals surface area contributed by atoms with Crippen LogP contribution in [-0.2, 0) is 5.75 Å². The van der Waals surface area contributed by atoms with Crippen molar-refractivity contribution in [1.29, 1.82) is 0 Å². The summed E-state index contributed by atoms with van der Waals surface area (Å²) in [5, 5.41) is 1.32. The Kier molecular flexibility index (Phi) is 4.10. The molecular weight excluding hydrogens is 261 g/mol. The molecule has 0 fully saturated rings. The zero-order valence-electron chi connectivity index (χ0n) is 8.36. The Morgan fingerprint density at radius 1 is 1.12 bits per heavy atom. The zero-order valence-corrected chi connectivity index (χ0v) is 10.7. The first-order valence-electron chi connectivity index (χ1n) is 4.73. The van der Waals surface area contributed by atoms with Crippen molar-refractivity contribution in [2.75, 3.05) is 0 Å². The maximum atomic E-state index is 6.07. The second kappa shape index (κ2) is 5.58. The smallest absolute Gasteiger partial charge is 0.130 e. The molecule has 1 nitrogen and oxygen atoms in total. The highest BCUT2D eigenvalue weighted by Gasteiger charge is 2.01. The summed E-state index contributed by atoms with van der Waals surface area (Å²) < 4.78 is 0. The molecule has 0 aliphatic carbocycles. The molecule has 0 amide bonds. The van der Waals surface area contributed by atoms with E-state index in [9.17, 15) is 0 Å². The SMILES string of the molecule is Clc1cc(SCc2ccccc2Cl)ccn1.